The molecule has 0 saturated heterocycles. The number of nitrogens with one attached hydrogen (secondary N) is 1. The highest BCUT2D eigenvalue weighted by molar-refractivity contribution is 7.90. The molecule has 0 fully saturated rings. The standard InChI is InChI=1S/C18H18N2O7S/c1-11(12-4-6-16(7-5-12)28(3,25)26)19-17(21)13-8-14(18(22)27-2)10-15(9-13)20(23)24/h4-11H,1-3H3,(H,19,21). The summed E-state index contributed by atoms with van der Waals surface area (Å²) in [6.07, 6.45) is 1.09. The second-order valence-corrected chi connectivity index (χ2v) is 8.07. The van der Waals surface area contributed by atoms with Crippen LogP contribution in [0.4, 0.5) is 5.69 Å². The van der Waals surface area contributed by atoms with E-state index in [-0.39, 0.29) is 16.0 Å². The van der Waals surface area contributed by atoms with Gasteiger partial charge in [0.05, 0.1) is 28.5 Å². The van der Waals surface area contributed by atoms with Crippen molar-refractivity contribution in [3.8, 4) is 0 Å². The molecule has 0 aliphatic carbocycles. The summed E-state index contributed by atoms with van der Waals surface area (Å²) >= 11 is 0. The number of nitro benzene ring substituents is 1. The SMILES string of the molecule is COC(=O)c1cc(C(=O)NC(C)c2ccc(S(C)(=O)=O)cc2)cc([N+](=O)[O-])c1. The first kappa shape index (κ1) is 21.0. The van der Waals surface area contributed by atoms with E-state index in [2.05, 4.69) is 10.1 Å². The Bertz CT molecular complexity index is 1030. The van der Waals surface area contributed by atoms with E-state index in [9.17, 15) is 28.1 Å². The third-order valence-electron chi connectivity index (χ3n) is 3.97. The van der Waals surface area contributed by atoms with Crippen LogP contribution in [-0.4, -0.2) is 38.6 Å². The van der Waals surface area contributed by atoms with Gasteiger partial charge < -0.3 is 10.1 Å². The number of rotatable bonds is 6. The maximum Gasteiger partial charge on any atom is 0.338 e. The summed E-state index contributed by atoms with van der Waals surface area (Å²) in [6.45, 7) is 1.67. The summed E-state index contributed by atoms with van der Waals surface area (Å²) in [7, 11) is -2.21. The van der Waals surface area contributed by atoms with Gasteiger partial charge >= 0.3 is 5.97 Å². The normalized spacial score (nSPS) is 12.1. The zero-order valence-corrected chi connectivity index (χ0v) is 16.1. The molecule has 0 bridgehead atoms. The molecule has 2 aromatic carbocycles. The molecule has 0 aliphatic rings. The number of nitro groups is 1. The van der Waals surface area contributed by atoms with Gasteiger partial charge in [-0.15, -0.1) is 0 Å². The van der Waals surface area contributed by atoms with E-state index in [1.807, 2.05) is 0 Å². The Labute approximate surface area is 161 Å². The maximum atomic E-state index is 12.5. The van der Waals surface area contributed by atoms with Crippen LogP contribution in [-0.2, 0) is 14.6 Å². The maximum absolute atomic E-state index is 12.5. The Morgan fingerprint density at radius 3 is 2.18 bits per heavy atom. The predicted molar refractivity (Wildman–Crippen MR) is 99.9 cm³/mol. The second-order valence-electron chi connectivity index (χ2n) is 6.05. The zero-order valence-electron chi connectivity index (χ0n) is 15.3. The molecule has 0 spiro atoms. The highest BCUT2D eigenvalue weighted by Crippen LogP contribution is 2.20. The Kier molecular flexibility index (Phi) is 6.14. The Morgan fingerprint density at radius 2 is 1.68 bits per heavy atom. The molecule has 10 heteroatoms. The Morgan fingerprint density at radius 1 is 1.11 bits per heavy atom. The number of carbonyl (C=O) groups is 2. The third kappa shape index (κ3) is 4.92. The average Bonchev–Trinajstić information content (AvgIpc) is 2.66. The van der Waals surface area contributed by atoms with Gasteiger partial charge in [0.1, 0.15) is 0 Å². The van der Waals surface area contributed by atoms with Gasteiger partial charge in [0.2, 0.25) is 0 Å². The number of ether oxygens (including phenoxy) is 1. The van der Waals surface area contributed by atoms with Crippen molar-refractivity contribution in [3.63, 3.8) is 0 Å². The van der Waals surface area contributed by atoms with E-state index in [0.717, 1.165) is 25.5 Å². The molecular formula is C18H18N2O7S. The monoisotopic (exact) mass is 406 g/mol. The zero-order chi connectivity index (χ0) is 21.1. The smallest absolute Gasteiger partial charge is 0.338 e. The molecule has 148 valence electrons. The van der Waals surface area contributed by atoms with Gasteiger partial charge in [-0.05, 0) is 30.7 Å². The number of methoxy groups -OCH3 is 1. The lowest BCUT2D eigenvalue weighted by Crippen LogP contribution is -2.27. The summed E-state index contributed by atoms with van der Waals surface area (Å²) in [5.41, 5.74) is 0.0267. The summed E-state index contributed by atoms with van der Waals surface area (Å²) < 4.78 is 27.6. The first-order valence-electron chi connectivity index (χ1n) is 8.01. The van der Waals surface area contributed by atoms with Crippen LogP contribution in [0.1, 0.15) is 39.2 Å². The van der Waals surface area contributed by atoms with Crippen molar-refractivity contribution in [3.05, 3.63) is 69.3 Å². The molecule has 2 aromatic rings. The molecule has 1 amide bonds. The highest BCUT2D eigenvalue weighted by atomic mass is 32.2. The molecular weight excluding hydrogens is 388 g/mol. The first-order valence-corrected chi connectivity index (χ1v) is 9.90. The third-order valence-corrected chi connectivity index (χ3v) is 5.10. The summed E-state index contributed by atoms with van der Waals surface area (Å²) in [6, 6.07) is 8.75. The van der Waals surface area contributed by atoms with Crippen molar-refractivity contribution in [2.45, 2.75) is 17.9 Å². The van der Waals surface area contributed by atoms with Gasteiger partial charge in [-0.2, -0.15) is 0 Å². The van der Waals surface area contributed by atoms with E-state index in [1.54, 1.807) is 19.1 Å². The largest absolute Gasteiger partial charge is 0.465 e. The molecule has 1 N–H and O–H groups in total. The number of amides is 1. The number of carbonyl (C=O) groups excluding carboxylic acids is 2. The van der Waals surface area contributed by atoms with Crippen LogP contribution in [0, 0.1) is 10.1 Å². The van der Waals surface area contributed by atoms with Gasteiger partial charge in [-0.3, -0.25) is 14.9 Å². The van der Waals surface area contributed by atoms with Crippen LogP contribution < -0.4 is 5.32 Å². The van der Waals surface area contributed by atoms with Gasteiger partial charge in [0.25, 0.3) is 11.6 Å². The fourth-order valence-electron chi connectivity index (χ4n) is 2.45. The van der Waals surface area contributed by atoms with E-state index < -0.39 is 38.4 Å². The lowest BCUT2D eigenvalue weighted by atomic mass is 10.1. The number of esters is 1. The van der Waals surface area contributed by atoms with Gasteiger partial charge in [-0.1, -0.05) is 12.1 Å². The fourth-order valence-corrected chi connectivity index (χ4v) is 3.08. The number of non-ortho nitro benzene ring substituents is 1. The number of benzene rings is 2. The van der Waals surface area contributed by atoms with Crippen LogP contribution in [0.5, 0.6) is 0 Å². The van der Waals surface area contributed by atoms with Crippen molar-refractivity contribution in [1.82, 2.24) is 5.32 Å². The minimum atomic E-state index is -3.33. The number of hydrogen-bond donors (Lipinski definition) is 1. The molecule has 9 nitrogen and oxygen atoms in total. The molecule has 1 atom stereocenters. The molecule has 0 aromatic heterocycles. The number of sulfone groups is 1. The minimum Gasteiger partial charge on any atom is -0.465 e. The van der Waals surface area contributed by atoms with Crippen molar-refractivity contribution < 1.29 is 27.7 Å². The van der Waals surface area contributed by atoms with Crippen LogP contribution in [0.2, 0.25) is 0 Å². The second kappa shape index (κ2) is 8.17. The van der Waals surface area contributed by atoms with Crippen molar-refractivity contribution in [2.75, 3.05) is 13.4 Å². The van der Waals surface area contributed by atoms with Gasteiger partial charge in [-0.25, -0.2) is 13.2 Å². The first-order chi connectivity index (χ1) is 13.0. The summed E-state index contributed by atoms with van der Waals surface area (Å²) in [4.78, 5) is 34.7. The van der Waals surface area contributed by atoms with E-state index >= 15 is 0 Å². The van der Waals surface area contributed by atoms with Crippen LogP contribution in [0.15, 0.2) is 47.4 Å². The average molecular weight is 406 g/mol. The lowest BCUT2D eigenvalue weighted by Gasteiger charge is -2.15. The molecule has 0 heterocycles. The van der Waals surface area contributed by atoms with Crippen molar-refractivity contribution in [1.29, 1.82) is 0 Å². The van der Waals surface area contributed by atoms with Crippen molar-refractivity contribution in [2.24, 2.45) is 0 Å². The Hall–Kier alpha value is -3.27. The Balaban J connectivity index is 2.27. The summed E-state index contributed by atoms with van der Waals surface area (Å²) in [5, 5.41) is 13.7. The fraction of sp³-hybridized carbons (Fsp3) is 0.222. The summed E-state index contributed by atoms with van der Waals surface area (Å²) in [5.74, 6) is -1.43. The van der Waals surface area contributed by atoms with Crippen LogP contribution in [0.25, 0.3) is 0 Å². The lowest BCUT2D eigenvalue weighted by molar-refractivity contribution is -0.384. The number of hydrogen-bond acceptors (Lipinski definition) is 7. The van der Waals surface area contributed by atoms with E-state index in [4.69, 9.17) is 0 Å². The van der Waals surface area contributed by atoms with E-state index in [0.29, 0.717) is 5.56 Å². The van der Waals surface area contributed by atoms with Gasteiger partial charge in [0, 0.05) is 24.0 Å². The molecule has 1 unspecified atom stereocenters. The van der Waals surface area contributed by atoms with Gasteiger partial charge in [0.15, 0.2) is 9.84 Å². The molecule has 0 aliphatic heterocycles. The molecule has 0 radical (unpaired) electrons. The molecule has 2 rings (SSSR count). The highest BCUT2D eigenvalue weighted by Gasteiger charge is 2.20. The van der Waals surface area contributed by atoms with Crippen molar-refractivity contribution >= 4 is 27.4 Å². The molecule has 28 heavy (non-hydrogen) atoms. The topological polar surface area (TPSA) is 133 Å². The van der Waals surface area contributed by atoms with Crippen LogP contribution in [0.3, 0.4) is 0 Å². The molecule has 0 saturated carbocycles. The quantitative estimate of drug-likeness (QED) is 0.442. The number of nitrogens with zero attached hydrogens (tertiary/aromatic N) is 1. The minimum absolute atomic E-state index is 0.0748. The predicted octanol–water partition coefficient (Wildman–Crippen LogP) is 2.28. The van der Waals surface area contributed by atoms with Crippen LogP contribution >= 0.6 is 0 Å². The van der Waals surface area contributed by atoms with E-state index in [1.165, 1.54) is 18.2 Å².